The summed E-state index contributed by atoms with van der Waals surface area (Å²) >= 11 is 5.26. The van der Waals surface area contributed by atoms with Crippen molar-refractivity contribution in [1.82, 2.24) is 10.2 Å². The van der Waals surface area contributed by atoms with E-state index in [0.29, 0.717) is 10.7 Å². The molecule has 1 N–H and O–H groups in total. The van der Waals surface area contributed by atoms with E-state index in [9.17, 15) is 22.4 Å². The van der Waals surface area contributed by atoms with Crippen LogP contribution in [0.5, 0.6) is 5.75 Å². The first-order valence-corrected chi connectivity index (χ1v) is 9.00. The van der Waals surface area contributed by atoms with Gasteiger partial charge in [0.05, 0.1) is 0 Å². The van der Waals surface area contributed by atoms with Crippen LogP contribution < -0.4 is 10.1 Å². The van der Waals surface area contributed by atoms with Crippen LogP contribution in [0.4, 0.5) is 17.6 Å². The number of rotatable bonds is 5. The van der Waals surface area contributed by atoms with E-state index < -0.39 is 18.3 Å². The number of hydrogen-bond acceptors (Lipinski definition) is 3. The van der Waals surface area contributed by atoms with E-state index in [0.717, 1.165) is 44.2 Å². The Morgan fingerprint density at radius 2 is 1.96 bits per heavy atom. The molecule has 3 rings (SSSR count). The van der Waals surface area contributed by atoms with Gasteiger partial charge in [-0.25, -0.2) is 0 Å². The highest BCUT2D eigenvalue weighted by molar-refractivity contribution is 7.80. The standard InChI is InChI=1S/C18H18F4N2O2S/c19-16(20)18(21,22)26-13-8-4-5-11(9-13)10-14-15(25)24(17(27)23-14)12-6-2-1-3-7-12/h4-5,8-10,12,16H,1-3,6-7H2,(H,23,27). The van der Waals surface area contributed by atoms with Crippen molar-refractivity contribution in [3.63, 3.8) is 0 Å². The van der Waals surface area contributed by atoms with Crippen LogP contribution in [0, 0.1) is 0 Å². The van der Waals surface area contributed by atoms with Gasteiger partial charge in [0.2, 0.25) is 0 Å². The Hall–Kier alpha value is -2.16. The highest BCUT2D eigenvalue weighted by Crippen LogP contribution is 2.29. The summed E-state index contributed by atoms with van der Waals surface area (Å²) in [5, 5.41) is 3.16. The number of nitrogens with one attached hydrogen (secondary N) is 1. The SMILES string of the molecule is O=C1C(=Cc2cccc(OC(F)(F)C(F)F)c2)NC(=S)N1C1CCCCC1. The zero-order chi connectivity index (χ0) is 19.6. The Labute approximate surface area is 159 Å². The largest absolute Gasteiger partial charge is 0.461 e. The maximum absolute atomic E-state index is 13.1. The van der Waals surface area contributed by atoms with Crippen LogP contribution in [0.2, 0.25) is 0 Å². The minimum atomic E-state index is -4.59. The minimum absolute atomic E-state index is 0.0524. The van der Waals surface area contributed by atoms with E-state index in [2.05, 4.69) is 10.1 Å². The van der Waals surface area contributed by atoms with Gasteiger partial charge in [-0.1, -0.05) is 31.4 Å². The van der Waals surface area contributed by atoms with Gasteiger partial charge >= 0.3 is 12.5 Å². The van der Waals surface area contributed by atoms with Gasteiger partial charge in [0.25, 0.3) is 5.91 Å². The minimum Gasteiger partial charge on any atom is -0.428 e. The molecule has 4 nitrogen and oxygen atoms in total. The van der Waals surface area contributed by atoms with Crippen molar-refractivity contribution in [2.75, 3.05) is 0 Å². The van der Waals surface area contributed by atoms with Gasteiger partial charge in [-0.15, -0.1) is 0 Å². The first kappa shape index (κ1) is 19.6. The summed E-state index contributed by atoms with van der Waals surface area (Å²) in [6.07, 6.45) is -2.13. The van der Waals surface area contributed by atoms with E-state index in [4.69, 9.17) is 12.2 Å². The molecule has 146 valence electrons. The Morgan fingerprint density at radius 1 is 1.26 bits per heavy atom. The molecular formula is C18H18F4N2O2S. The molecule has 1 aromatic carbocycles. The lowest BCUT2D eigenvalue weighted by molar-refractivity contribution is -0.253. The second kappa shape index (κ2) is 7.84. The van der Waals surface area contributed by atoms with Gasteiger partial charge in [0, 0.05) is 6.04 Å². The predicted octanol–water partition coefficient (Wildman–Crippen LogP) is 4.31. The number of ether oxygens (including phenoxy) is 1. The fourth-order valence-electron chi connectivity index (χ4n) is 3.26. The van der Waals surface area contributed by atoms with Crippen molar-refractivity contribution in [1.29, 1.82) is 0 Å². The second-order valence-corrected chi connectivity index (χ2v) is 6.88. The molecule has 1 amide bonds. The van der Waals surface area contributed by atoms with Gasteiger partial charge in [0.1, 0.15) is 11.4 Å². The van der Waals surface area contributed by atoms with Gasteiger partial charge in [0.15, 0.2) is 5.11 Å². The normalized spacial score (nSPS) is 20.5. The first-order chi connectivity index (χ1) is 12.8. The number of carbonyl (C=O) groups excluding carboxylic acids is 1. The maximum atomic E-state index is 13.1. The van der Waals surface area contributed by atoms with Crippen molar-refractivity contribution >= 4 is 29.3 Å². The number of benzene rings is 1. The van der Waals surface area contributed by atoms with E-state index >= 15 is 0 Å². The molecule has 1 saturated heterocycles. The number of halogens is 4. The zero-order valence-electron chi connectivity index (χ0n) is 14.3. The van der Waals surface area contributed by atoms with Crippen molar-refractivity contribution in [2.45, 2.75) is 50.7 Å². The van der Waals surface area contributed by atoms with Crippen molar-refractivity contribution < 1.29 is 27.1 Å². The van der Waals surface area contributed by atoms with Crippen molar-refractivity contribution in [2.24, 2.45) is 0 Å². The summed E-state index contributed by atoms with van der Waals surface area (Å²) in [6.45, 7) is 0. The molecule has 0 atom stereocenters. The van der Waals surface area contributed by atoms with Crippen LogP contribution in [0.1, 0.15) is 37.7 Å². The second-order valence-electron chi connectivity index (χ2n) is 6.49. The average molecular weight is 402 g/mol. The number of hydrogen-bond donors (Lipinski definition) is 1. The van der Waals surface area contributed by atoms with Crippen LogP contribution in [-0.2, 0) is 4.79 Å². The number of thiocarbonyl (C=S) groups is 1. The molecule has 2 fully saturated rings. The average Bonchev–Trinajstić information content (AvgIpc) is 2.89. The van der Waals surface area contributed by atoms with E-state index in [1.165, 1.54) is 12.1 Å². The van der Waals surface area contributed by atoms with Crippen LogP contribution in [-0.4, -0.2) is 34.5 Å². The van der Waals surface area contributed by atoms with Crippen LogP contribution in [0.3, 0.4) is 0 Å². The smallest absolute Gasteiger partial charge is 0.428 e. The lowest BCUT2D eigenvalue weighted by Crippen LogP contribution is -2.41. The predicted molar refractivity (Wildman–Crippen MR) is 95.5 cm³/mol. The molecule has 9 heteroatoms. The lowest BCUT2D eigenvalue weighted by atomic mass is 9.94. The quantitative estimate of drug-likeness (QED) is 0.453. The summed E-state index contributed by atoms with van der Waals surface area (Å²) < 4.78 is 54.8. The Balaban J connectivity index is 1.77. The molecule has 1 saturated carbocycles. The van der Waals surface area contributed by atoms with Crippen LogP contribution in [0.25, 0.3) is 6.08 Å². The molecule has 0 spiro atoms. The Morgan fingerprint density at radius 3 is 2.63 bits per heavy atom. The van der Waals surface area contributed by atoms with Crippen molar-refractivity contribution in [3.05, 3.63) is 35.5 Å². The Bertz CT molecular complexity index is 763. The fraction of sp³-hybridized carbons (Fsp3) is 0.444. The summed E-state index contributed by atoms with van der Waals surface area (Å²) in [5.74, 6) is -0.706. The lowest BCUT2D eigenvalue weighted by Gasteiger charge is -2.29. The van der Waals surface area contributed by atoms with Crippen molar-refractivity contribution in [3.8, 4) is 5.75 Å². The number of amides is 1. The molecule has 0 aromatic heterocycles. The monoisotopic (exact) mass is 402 g/mol. The molecule has 1 heterocycles. The molecule has 1 aliphatic heterocycles. The van der Waals surface area contributed by atoms with Gasteiger partial charge in [-0.3, -0.25) is 9.69 Å². The number of carbonyl (C=O) groups is 1. The third-order valence-corrected chi connectivity index (χ3v) is 4.83. The highest BCUT2D eigenvalue weighted by Gasteiger charge is 2.44. The molecular weight excluding hydrogens is 384 g/mol. The number of alkyl halides is 4. The van der Waals surface area contributed by atoms with E-state index in [1.54, 1.807) is 11.0 Å². The third-order valence-electron chi connectivity index (χ3n) is 4.53. The summed E-state index contributed by atoms with van der Waals surface area (Å²) in [6, 6.07) is 5.27. The van der Waals surface area contributed by atoms with E-state index in [1.807, 2.05) is 0 Å². The van der Waals surface area contributed by atoms with Crippen LogP contribution >= 0.6 is 12.2 Å². The first-order valence-electron chi connectivity index (χ1n) is 8.59. The Kier molecular flexibility index (Phi) is 5.69. The topological polar surface area (TPSA) is 41.6 Å². The highest BCUT2D eigenvalue weighted by atomic mass is 32.1. The number of nitrogens with zero attached hydrogens (tertiary/aromatic N) is 1. The molecule has 0 bridgehead atoms. The zero-order valence-corrected chi connectivity index (χ0v) is 15.1. The van der Waals surface area contributed by atoms with E-state index in [-0.39, 0.29) is 17.6 Å². The summed E-state index contributed by atoms with van der Waals surface area (Å²) in [5.41, 5.74) is 0.560. The molecule has 0 radical (unpaired) electrons. The molecule has 27 heavy (non-hydrogen) atoms. The maximum Gasteiger partial charge on any atom is 0.461 e. The molecule has 0 unspecified atom stereocenters. The summed E-state index contributed by atoms with van der Waals surface area (Å²) in [7, 11) is 0. The van der Waals surface area contributed by atoms with Crippen LogP contribution in [0.15, 0.2) is 30.0 Å². The summed E-state index contributed by atoms with van der Waals surface area (Å²) in [4.78, 5) is 14.2. The van der Waals surface area contributed by atoms with Gasteiger partial charge in [-0.05, 0) is 48.8 Å². The van der Waals surface area contributed by atoms with Gasteiger partial charge < -0.3 is 10.1 Å². The molecule has 1 aliphatic carbocycles. The fourth-order valence-corrected chi connectivity index (χ4v) is 3.60. The molecule has 2 aliphatic rings. The van der Waals surface area contributed by atoms with Gasteiger partial charge in [-0.2, -0.15) is 17.6 Å². The third kappa shape index (κ3) is 4.40. The molecule has 1 aromatic rings.